The molecule has 0 bridgehead atoms. The summed E-state index contributed by atoms with van der Waals surface area (Å²) in [7, 11) is -3.61. The maximum Gasteiger partial charge on any atom is 0.278 e. The number of ether oxygens (including phenoxy) is 1. The van der Waals surface area contributed by atoms with Gasteiger partial charge in [0, 0.05) is 18.7 Å². The van der Waals surface area contributed by atoms with Crippen molar-refractivity contribution in [3.05, 3.63) is 51.9 Å². The zero-order valence-electron chi connectivity index (χ0n) is 16.6. The number of hydrogen-bond acceptors (Lipinski definition) is 6. The van der Waals surface area contributed by atoms with Crippen molar-refractivity contribution < 1.29 is 13.2 Å². The lowest BCUT2D eigenvalue weighted by molar-refractivity contribution is 0.0730. The van der Waals surface area contributed by atoms with Crippen LogP contribution in [0.3, 0.4) is 0 Å². The van der Waals surface area contributed by atoms with Gasteiger partial charge in [-0.25, -0.2) is 8.42 Å². The number of nitrogens with zero attached hydrogens (tertiary/aromatic N) is 4. The molecule has 1 aliphatic heterocycles. The van der Waals surface area contributed by atoms with E-state index in [4.69, 9.17) is 4.74 Å². The molecular formula is C20H21N5O4S. The molecule has 3 heterocycles. The molecule has 1 aromatic carbocycles. The van der Waals surface area contributed by atoms with E-state index in [9.17, 15) is 18.5 Å². The van der Waals surface area contributed by atoms with Crippen LogP contribution in [0.5, 0.6) is 0 Å². The first-order valence-corrected chi connectivity index (χ1v) is 11.0. The molecule has 0 saturated carbocycles. The molecule has 4 rings (SSSR count). The number of rotatable bonds is 4. The summed E-state index contributed by atoms with van der Waals surface area (Å²) in [6.07, 6.45) is 1.35. The van der Waals surface area contributed by atoms with Crippen LogP contribution >= 0.6 is 0 Å². The minimum Gasteiger partial charge on any atom is -0.379 e. The lowest BCUT2D eigenvalue weighted by Crippen LogP contribution is -2.40. The van der Waals surface area contributed by atoms with E-state index in [1.807, 2.05) is 19.9 Å². The molecule has 2 aromatic heterocycles. The molecule has 1 saturated heterocycles. The molecular weight excluding hydrogens is 406 g/mol. The highest BCUT2D eigenvalue weighted by molar-refractivity contribution is 7.89. The van der Waals surface area contributed by atoms with E-state index in [1.165, 1.54) is 27.2 Å². The van der Waals surface area contributed by atoms with Crippen molar-refractivity contribution in [2.45, 2.75) is 24.7 Å². The SMILES string of the molecule is CC(C)c1c(-c2ccc(S(=O)(=O)N3CCOCC3)cc2)[nH]c2c(C#N)cnn2c1=O. The minimum atomic E-state index is -3.61. The molecule has 30 heavy (non-hydrogen) atoms. The molecule has 0 atom stereocenters. The third-order valence-electron chi connectivity index (χ3n) is 5.15. The summed E-state index contributed by atoms with van der Waals surface area (Å²) in [5.74, 6) is -0.111. The van der Waals surface area contributed by atoms with Crippen LogP contribution < -0.4 is 5.56 Å². The van der Waals surface area contributed by atoms with E-state index < -0.39 is 10.0 Å². The van der Waals surface area contributed by atoms with Gasteiger partial charge in [-0.3, -0.25) is 4.79 Å². The highest BCUT2D eigenvalue weighted by atomic mass is 32.2. The number of nitrogens with one attached hydrogen (secondary N) is 1. The molecule has 1 fully saturated rings. The molecule has 0 unspecified atom stereocenters. The van der Waals surface area contributed by atoms with Crippen molar-refractivity contribution >= 4 is 15.7 Å². The Labute approximate surface area is 173 Å². The smallest absolute Gasteiger partial charge is 0.278 e. The third kappa shape index (κ3) is 3.31. The summed E-state index contributed by atoms with van der Waals surface area (Å²) in [5.41, 5.74) is 1.99. The average molecular weight is 427 g/mol. The van der Waals surface area contributed by atoms with Gasteiger partial charge in [-0.2, -0.15) is 19.2 Å². The van der Waals surface area contributed by atoms with Crippen molar-refractivity contribution in [1.29, 1.82) is 5.26 Å². The Morgan fingerprint density at radius 2 is 1.87 bits per heavy atom. The molecule has 0 amide bonds. The second-order valence-corrected chi connectivity index (χ2v) is 9.28. The number of benzene rings is 1. The highest BCUT2D eigenvalue weighted by Gasteiger charge is 2.26. The quantitative estimate of drug-likeness (QED) is 0.677. The van der Waals surface area contributed by atoms with Crippen molar-refractivity contribution in [2.24, 2.45) is 0 Å². The van der Waals surface area contributed by atoms with Crippen molar-refractivity contribution in [3.8, 4) is 17.3 Å². The van der Waals surface area contributed by atoms with Gasteiger partial charge in [0.25, 0.3) is 5.56 Å². The lowest BCUT2D eigenvalue weighted by Gasteiger charge is -2.26. The van der Waals surface area contributed by atoms with Gasteiger partial charge in [0.2, 0.25) is 10.0 Å². The summed E-state index contributed by atoms with van der Waals surface area (Å²) < 4.78 is 33.5. The highest BCUT2D eigenvalue weighted by Crippen LogP contribution is 2.28. The second-order valence-electron chi connectivity index (χ2n) is 7.34. The van der Waals surface area contributed by atoms with E-state index in [1.54, 1.807) is 12.1 Å². The van der Waals surface area contributed by atoms with Gasteiger partial charge in [0.15, 0.2) is 5.65 Å². The number of H-pyrrole nitrogens is 1. The molecule has 10 heteroatoms. The van der Waals surface area contributed by atoms with Crippen LogP contribution in [-0.4, -0.2) is 53.6 Å². The Bertz CT molecular complexity index is 1290. The molecule has 0 aliphatic carbocycles. The van der Waals surface area contributed by atoms with Crippen LogP contribution in [0.2, 0.25) is 0 Å². The Morgan fingerprint density at radius 1 is 1.20 bits per heavy atom. The monoisotopic (exact) mass is 427 g/mol. The number of morpholine rings is 1. The number of hydrogen-bond donors (Lipinski definition) is 1. The van der Waals surface area contributed by atoms with E-state index in [-0.39, 0.29) is 21.9 Å². The van der Waals surface area contributed by atoms with Crippen LogP contribution in [0, 0.1) is 11.3 Å². The number of aromatic nitrogens is 3. The minimum absolute atomic E-state index is 0.111. The standard InChI is InChI=1S/C20H21N5O4S/c1-13(2)17-18(23-19-15(11-21)12-22-25(19)20(17)26)14-3-5-16(6-4-14)30(27,28)24-7-9-29-10-8-24/h3-6,12-13,23H,7-10H2,1-2H3. The number of fused-ring (bicyclic) bond motifs is 1. The Hall–Kier alpha value is -3.00. The summed E-state index contributed by atoms with van der Waals surface area (Å²) in [5, 5.41) is 13.3. The largest absolute Gasteiger partial charge is 0.379 e. The molecule has 0 radical (unpaired) electrons. The summed E-state index contributed by atoms with van der Waals surface area (Å²) in [6.45, 7) is 5.19. The first kappa shape index (κ1) is 20.3. The van der Waals surface area contributed by atoms with Gasteiger partial charge in [-0.05, 0) is 23.6 Å². The van der Waals surface area contributed by atoms with Gasteiger partial charge in [-0.15, -0.1) is 0 Å². The first-order valence-electron chi connectivity index (χ1n) is 9.57. The first-order chi connectivity index (χ1) is 14.3. The van der Waals surface area contributed by atoms with E-state index >= 15 is 0 Å². The zero-order valence-corrected chi connectivity index (χ0v) is 17.4. The van der Waals surface area contributed by atoms with Gasteiger partial charge in [0.1, 0.15) is 11.6 Å². The summed E-state index contributed by atoms with van der Waals surface area (Å²) >= 11 is 0. The predicted molar refractivity (Wildman–Crippen MR) is 110 cm³/mol. The molecule has 1 aliphatic rings. The number of sulfonamides is 1. The second kappa shape index (κ2) is 7.68. The fraction of sp³-hybridized carbons (Fsp3) is 0.350. The average Bonchev–Trinajstić information content (AvgIpc) is 3.17. The van der Waals surface area contributed by atoms with Gasteiger partial charge >= 0.3 is 0 Å². The van der Waals surface area contributed by atoms with Gasteiger partial charge < -0.3 is 9.72 Å². The normalized spacial score (nSPS) is 15.5. The van der Waals surface area contributed by atoms with Crippen LogP contribution in [-0.2, 0) is 14.8 Å². The number of nitriles is 1. The van der Waals surface area contributed by atoms with Crippen molar-refractivity contribution in [1.82, 2.24) is 18.9 Å². The van der Waals surface area contributed by atoms with E-state index in [2.05, 4.69) is 10.1 Å². The van der Waals surface area contributed by atoms with E-state index in [0.717, 1.165) is 0 Å². The van der Waals surface area contributed by atoms with Crippen molar-refractivity contribution in [2.75, 3.05) is 26.3 Å². The van der Waals surface area contributed by atoms with Crippen molar-refractivity contribution in [3.63, 3.8) is 0 Å². The topological polar surface area (TPSA) is 121 Å². The third-order valence-corrected chi connectivity index (χ3v) is 7.07. The zero-order chi connectivity index (χ0) is 21.5. The Balaban J connectivity index is 1.82. The maximum atomic E-state index is 13.0. The van der Waals surface area contributed by atoms with Crippen LogP contribution in [0.1, 0.15) is 30.9 Å². The van der Waals surface area contributed by atoms with Gasteiger partial charge in [0.05, 0.1) is 30.0 Å². The van der Waals surface area contributed by atoms with E-state index in [0.29, 0.717) is 48.8 Å². The Kier molecular flexibility index (Phi) is 5.19. The molecule has 156 valence electrons. The molecule has 9 nitrogen and oxygen atoms in total. The summed E-state index contributed by atoms with van der Waals surface area (Å²) in [6, 6.07) is 8.43. The van der Waals surface area contributed by atoms with Crippen LogP contribution in [0.15, 0.2) is 40.2 Å². The molecule has 1 N–H and O–H groups in total. The summed E-state index contributed by atoms with van der Waals surface area (Å²) in [4.78, 5) is 16.3. The Morgan fingerprint density at radius 3 is 2.47 bits per heavy atom. The fourth-order valence-electron chi connectivity index (χ4n) is 3.60. The maximum absolute atomic E-state index is 13.0. The fourth-order valence-corrected chi connectivity index (χ4v) is 5.01. The number of aromatic amines is 1. The van der Waals surface area contributed by atoms with Gasteiger partial charge in [-0.1, -0.05) is 26.0 Å². The molecule has 3 aromatic rings. The van der Waals surface area contributed by atoms with Crippen LogP contribution in [0.25, 0.3) is 16.9 Å². The lowest BCUT2D eigenvalue weighted by atomic mass is 9.98. The van der Waals surface area contributed by atoms with Crippen LogP contribution in [0.4, 0.5) is 0 Å². The predicted octanol–water partition coefficient (Wildman–Crippen LogP) is 1.71. The molecule has 0 spiro atoms.